The molecular weight excluding hydrogens is 286 g/mol. The molecule has 0 saturated heterocycles. The second kappa shape index (κ2) is 5.61. The standard InChI is InChI=1S/C11H14BrN3S/c1-9(11-7-10(12)8-16-11)13-4-6-15-5-2-3-14-15/h2-3,5,7-9,13H,4,6H2,1H3. The number of hydrogen-bond donors (Lipinski definition) is 1. The normalized spacial score (nSPS) is 12.9. The maximum Gasteiger partial charge on any atom is 0.0534 e. The summed E-state index contributed by atoms with van der Waals surface area (Å²) in [4.78, 5) is 1.35. The molecule has 0 bridgehead atoms. The van der Waals surface area contributed by atoms with E-state index in [0.29, 0.717) is 6.04 Å². The van der Waals surface area contributed by atoms with Gasteiger partial charge in [-0.15, -0.1) is 11.3 Å². The van der Waals surface area contributed by atoms with E-state index < -0.39 is 0 Å². The SMILES string of the molecule is CC(NCCn1cccn1)c1cc(Br)cs1. The van der Waals surface area contributed by atoms with Crippen LogP contribution in [0.2, 0.25) is 0 Å². The Morgan fingerprint density at radius 3 is 3.12 bits per heavy atom. The largest absolute Gasteiger partial charge is 0.308 e. The van der Waals surface area contributed by atoms with Gasteiger partial charge >= 0.3 is 0 Å². The highest BCUT2D eigenvalue weighted by Gasteiger charge is 2.06. The van der Waals surface area contributed by atoms with Crippen molar-refractivity contribution in [3.8, 4) is 0 Å². The molecule has 1 N–H and O–H groups in total. The number of aromatic nitrogens is 2. The van der Waals surface area contributed by atoms with E-state index in [-0.39, 0.29) is 0 Å². The second-order valence-corrected chi connectivity index (χ2v) is 5.47. The summed E-state index contributed by atoms with van der Waals surface area (Å²) in [6.07, 6.45) is 3.79. The molecule has 2 aromatic rings. The van der Waals surface area contributed by atoms with E-state index in [4.69, 9.17) is 0 Å². The lowest BCUT2D eigenvalue weighted by Gasteiger charge is -2.11. The zero-order valence-electron chi connectivity index (χ0n) is 9.06. The third-order valence-electron chi connectivity index (χ3n) is 2.37. The Kier molecular flexibility index (Phi) is 4.15. The van der Waals surface area contributed by atoms with Gasteiger partial charge in [-0.1, -0.05) is 0 Å². The smallest absolute Gasteiger partial charge is 0.0534 e. The first kappa shape index (κ1) is 11.8. The van der Waals surface area contributed by atoms with Crippen molar-refractivity contribution in [2.24, 2.45) is 0 Å². The first-order valence-corrected chi connectivity index (χ1v) is 6.88. The number of nitrogens with zero attached hydrogens (tertiary/aromatic N) is 2. The molecule has 2 aromatic heterocycles. The van der Waals surface area contributed by atoms with E-state index in [1.165, 1.54) is 4.88 Å². The van der Waals surface area contributed by atoms with E-state index in [1.54, 1.807) is 17.5 Å². The van der Waals surface area contributed by atoms with Crippen LogP contribution in [0.3, 0.4) is 0 Å². The van der Waals surface area contributed by atoms with Crippen LogP contribution in [-0.2, 0) is 6.54 Å². The molecule has 16 heavy (non-hydrogen) atoms. The number of rotatable bonds is 5. The zero-order valence-corrected chi connectivity index (χ0v) is 11.5. The summed E-state index contributed by atoms with van der Waals surface area (Å²) in [6.45, 7) is 4.02. The number of nitrogens with one attached hydrogen (secondary N) is 1. The van der Waals surface area contributed by atoms with Crippen LogP contribution in [-0.4, -0.2) is 16.3 Å². The van der Waals surface area contributed by atoms with E-state index in [1.807, 2.05) is 16.9 Å². The van der Waals surface area contributed by atoms with Gasteiger partial charge in [0, 0.05) is 39.7 Å². The Hall–Kier alpha value is -0.650. The summed E-state index contributed by atoms with van der Waals surface area (Å²) in [7, 11) is 0. The highest BCUT2D eigenvalue weighted by molar-refractivity contribution is 9.10. The van der Waals surface area contributed by atoms with Crippen molar-refractivity contribution in [1.29, 1.82) is 0 Å². The summed E-state index contributed by atoms with van der Waals surface area (Å²) < 4.78 is 3.09. The highest BCUT2D eigenvalue weighted by Crippen LogP contribution is 2.25. The quantitative estimate of drug-likeness (QED) is 0.919. The van der Waals surface area contributed by atoms with Crippen molar-refractivity contribution in [3.63, 3.8) is 0 Å². The van der Waals surface area contributed by atoms with Gasteiger partial charge < -0.3 is 5.32 Å². The molecule has 1 unspecified atom stereocenters. The lowest BCUT2D eigenvalue weighted by molar-refractivity contribution is 0.511. The van der Waals surface area contributed by atoms with Gasteiger partial charge in [-0.3, -0.25) is 4.68 Å². The molecule has 0 saturated carbocycles. The number of halogens is 1. The first-order chi connectivity index (χ1) is 7.75. The average Bonchev–Trinajstić information content (AvgIpc) is 2.89. The first-order valence-electron chi connectivity index (χ1n) is 5.20. The molecule has 0 radical (unpaired) electrons. The van der Waals surface area contributed by atoms with Crippen molar-refractivity contribution in [1.82, 2.24) is 15.1 Å². The second-order valence-electron chi connectivity index (χ2n) is 3.61. The minimum atomic E-state index is 0.395. The maximum absolute atomic E-state index is 4.16. The Morgan fingerprint density at radius 2 is 2.50 bits per heavy atom. The van der Waals surface area contributed by atoms with Crippen LogP contribution >= 0.6 is 27.3 Å². The van der Waals surface area contributed by atoms with Crippen LogP contribution in [0.4, 0.5) is 0 Å². The summed E-state index contributed by atoms with van der Waals surface area (Å²) in [6, 6.07) is 4.50. The van der Waals surface area contributed by atoms with Gasteiger partial charge in [0.05, 0.1) is 6.54 Å². The molecule has 1 atom stereocenters. The van der Waals surface area contributed by atoms with E-state index in [2.05, 4.69) is 44.7 Å². The van der Waals surface area contributed by atoms with Crippen LogP contribution < -0.4 is 5.32 Å². The molecule has 0 aliphatic carbocycles. The monoisotopic (exact) mass is 299 g/mol. The van der Waals surface area contributed by atoms with Gasteiger partial charge in [-0.05, 0) is 35.0 Å². The molecular formula is C11H14BrN3S. The van der Waals surface area contributed by atoms with Crippen molar-refractivity contribution in [3.05, 3.63) is 39.3 Å². The Labute approximate surface area is 108 Å². The van der Waals surface area contributed by atoms with Gasteiger partial charge in [-0.2, -0.15) is 5.10 Å². The van der Waals surface area contributed by atoms with Crippen molar-refractivity contribution >= 4 is 27.3 Å². The zero-order chi connectivity index (χ0) is 11.4. The molecule has 86 valence electrons. The van der Waals surface area contributed by atoms with Gasteiger partial charge in [0.2, 0.25) is 0 Å². The molecule has 0 aromatic carbocycles. The Morgan fingerprint density at radius 1 is 1.62 bits per heavy atom. The summed E-state index contributed by atoms with van der Waals surface area (Å²) >= 11 is 5.24. The average molecular weight is 300 g/mol. The van der Waals surface area contributed by atoms with Crippen molar-refractivity contribution in [2.45, 2.75) is 19.5 Å². The van der Waals surface area contributed by atoms with Gasteiger partial charge in [0.15, 0.2) is 0 Å². The molecule has 0 fully saturated rings. The fourth-order valence-electron chi connectivity index (χ4n) is 1.48. The van der Waals surface area contributed by atoms with Crippen molar-refractivity contribution in [2.75, 3.05) is 6.54 Å². The maximum atomic E-state index is 4.16. The molecule has 0 amide bonds. The predicted molar refractivity (Wildman–Crippen MR) is 70.7 cm³/mol. The minimum absolute atomic E-state index is 0.395. The Balaban J connectivity index is 1.78. The van der Waals surface area contributed by atoms with Crippen LogP contribution in [0, 0.1) is 0 Å². The molecule has 0 aliphatic rings. The molecule has 0 aliphatic heterocycles. The van der Waals surface area contributed by atoms with Gasteiger partial charge in [-0.25, -0.2) is 0 Å². The fourth-order valence-corrected chi connectivity index (χ4v) is 2.96. The molecule has 3 nitrogen and oxygen atoms in total. The number of thiophene rings is 1. The van der Waals surface area contributed by atoms with Crippen LogP contribution in [0.25, 0.3) is 0 Å². The third kappa shape index (κ3) is 3.17. The lowest BCUT2D eigenvalue weighted by atomic mass is 10.3. The Bertz CT molecular complexity index is 424. The number of hydrogen-bond acceptors (Lipinski definition) is 3. The molecule has 2 rings (SSSR count). The molecule has 0 spiro atoms. The van der Waals surface area contributed by atoms with E-state index in [0.717, 1.165) is 17.6 Å². The van der Waals surface area contributed by atoms with Crippen LogP contribution in [0.15, 0.2) is 34.4 Å². The predicted octanol–water partition coefficient (Wildman–Crippen LogP) is 3.06. The van der Waals surface area contributed by atoms with Gasteiger partial charge in [0.1, 0.15) is 0 Å². The van der Waals surface area contributed by atoms with Gasteiger partial charge in [0.25, 0.3) is 0 Å². The van der Waals surface area contributed by atoms with Crippen molar-refractivity contribution < 1.29 is 0 Å². The third-order valence-corrected chi connectivity index (χ3v) is 4.24. The van der Waals surface area contributed by atoms with Crippen LogP contribution in [0.5, 0.6) is 0 Å². The van der Waals surface area contributed by atoms with E-state index in [9.17, 15) is 0 Å². The lowest BCUT2D eigenvalue weighted by Crippen LogP contribution is -2.22. The highest BCUT2D eigenvalue weighted by atomic mass is 79.9. The molecule has 5 heteroatoms. The molecule has 2 heterocycles. The summed E-state index contributed by atoms with van der Waals surface area (Å²) in [5.74, 6) is 0. The fraction of sp³-hybridized carbons (Fsp3) is 0.364. The topological polar surface area (TPSA) is 29.9 Å². The minimum Gasteiger partial charge on any atom is -0.308 e. The van der Waals surface area contributed by atoms with Crippen LogP contribution in [0.1, 0.15) is 17.8 Å². The summed E-state index contributed by atoms with van der Waals surface area (Å²) in [5, 5.41) is 9.75. The van der Waals surface area contributed by atoms with E-state index >= 15 is 0 Å². The summed E-state index contributed by atoms with van der Waals surface area (Å²) in [5.41, 5.74) is 0.